The molecule has 8 heteroatoms. The summed E-state index contributed by atoms with van der Waals surface area (Å²) in [4.78, 5) is 25.1. The maximum absolute atomic E-state index is 12.6. The first-order chi connectivity index (χ1) is 12.0. The molecule has 0 radical (unpaired) electrons. The highest BCUT2D eigenvalue weighted by Crippen LogP contribution is 2.26. The van der Waals surface area contributed by atoms with Crippen molar-refractivity contribution >= 4 is 11.9 Å². The minimum atomic E-state index is -0.0730. The Morgan fingerprint density at radius 3 is 2.76 bits per heavy atom. The molecule has 1 saturated heterocycles. The highest BCUT2D eigenvalue weighted by atomic mass is 16.5. The summed E-state index contributed by atoms with van der Waals surface area (Å²) in [5.41, 5.74) is 2.25. The maximum Gasteiger partial charge on any atom is 0.228 e. The molecule has 0 aromatic carbocycles. The topological polar surface area (TPSA) is 84.6 Å². The van der Waals surface area contributed by atoms with Crippen molar-refractivity contribution in [1.29, 1.82) is 0 Å². The van der Waals surface area contributed by atoms with E-state index in [4.69, 9.17) is 9.26 Å². The number of carbonyl (C=O) groups excluding carboxylic acids is 1. The Kier molecular flexibility index (Phi) is 4.98. The molecule has 1 atom stereocenters. The normalized spacial score (nSPS) is 16.9. The number of rotatable bonds is 5. The van der Waals surface area contributed by atoms with E-state index in [-0.39, 0.29) is 11.8 Å². The quantitative estimate of drug-likeness (QED) is 0.812. The number of hydrogen-bond acceptors (Lipinski definition) is 7. The molecule has 3 rings (SSSR count). The fourth-order valence-corrected chi connectivity index (χ4v) is 2.78. The number of amides is 1. The van der Waals surface area contributed by atoms with Gasteiger partial charge in [0.05, 0.1) is 36.0 Å². The molecule has 0 bridgehead atoms. The SMILES string of the molecule is Cc1cc(-c2cnc(N(C)C)nc2CN(C)C(=O)C2CCOC2)on1. The molecule has 8 nitrogen and oxygen atoms in total. The summed E-state index contributed by atoms with van der Waals surface area (Å²) in [6.07, 6.45) is 2.48. The molecule has 3 heterocycles. The summed E-state index contributed by atoms with van der Waals surface area (Å²) in [6, 6.07) is 1.84. The molecule has 25 heavy (non-hydrogen) atoms. The van der Waals surface area contributed by atoms with Crippen LogP contribution in [-0.4, -0.2) is 60.3 Å². The monoisotopic (exact) mass is 345 g/mol. The van der Waals surface area contributed by atoms with Crippen molar-refractivity contribution in [1.82, 2.24) is 20.0 Å². The second kappa shape index (κ2) is 7.18. The van der Waals surface area contributed by atoms with Gasteiger partial charge < -0.3 is 19.1 Å². The van der Waals surface area contributed by atoms with Gasteiger partial charge in [0.25, 0.3) is 0 Å². The molecule has 1 aliphatic rings. The van der Waals surface area contributed by atoms with Gasteiger partial charge in [0.15, 0.2) is 5.76 Å². The van der Waals surface area contributed by atoms with Crippen LogP contribution in [0.4, 0.5) is 5.95 Å². The van der Waals surface area contributed by atoms with Crippen LogP contribution in [0.1, 0.15) is 17.8 Å². The largest absolute Gasteiger partial charge is 0.381 e. The zero-order valence-corrected chi connectivity index (χ0v) is 15.0. The second-order valence-corrected chi connectivity index (χ2v) is 6.51. The van der Waals surface area contributed by atoms with E-state index < -0.39 is 0 Å². The third-order valence-electron chi connectivity index (χ3n) is 4.19. The number of anilines is 1. The van der Waals surface area contributed by atoms with Crippen LogP contribution < -0.4 is 4.90 Å². The smallest absolute Gasteiger partial charge is 0.228 e. The van der Waals surface area contributed by atoms with Gasteiger partial charge in [-0.2, -0.15) is 0 Å². The second-order valence-electron chi connectivity index (χ2n) is 6.51. The molecule has 1 unspecified atom stereocenters. The molecule has 0 N–H and O–H groups in total. The number of carbonyl (C=O) groups is 1. The van der Waals surface area contributed by atoms with E-state index in [1.54, 1.807) is 18.1 Å². The van der Waals surface area contributed by atoms with Gasteiger partial charge in [-0.25, -0.2) is 9.97 Å². The van der Waals surface area contributed by atoms with E-state index in [1.807, 2.05) is 32.0 Å². The zero-order valence-electron chi connectivity index (χ0n) is 15.0. The highest BCUT2D eigenvalue weighted by molar-refractivity contribution is 5.79. The van der Waals surface area contributed by atoms with E-state index in [1.165, 1.54) is 0 Å². The molecule has 1 fully saturated rings. The zero-order chi connectivity index (χ0) is 18.0. The van der Waals surface area contributed by atoms with Crippen molar-refractivity contribution < 1.29 is 14.1 Å². The fourth-order valence-electron chi connectivity index (χ4n) is 2.78. The van der Waals surface area contributed by atoms with Gasteiger partial charge >= 0.3 is 0 Å². The fraction of sp³-hybridized carbons (Fsp3) is 0.529. The number of aromatic nitrogens is 3. The first-order valence-corrected chi connectivity index (χ1v) is 8.25. The molecule has 0 spiro atoms. The van der Waals surface area contributed by atoms with Crippen molar-refractivity contribution in [3.8, 4) is 11.3 Å². The van der Waals surface area contributed by atoms with E-state index in [9.17, 15) is 4.79 Å². The molecular formula is C17H23N5O3. The van der Waals surface area contributed by atoms with Gasteiger partial charge in [0, 0.05) is 40.0 Å². The van der Waals surface area contributed by atoms with Crippen LogP contribution in [0.3, 0.4) is 0 Å². The Morgan fingerprint density at radius 1 is 1.36 bits per heavy atom. The van der Waals surface area contributed by atoms with Crippen molar-refractivity contribution in [3.63, 3.8) is 0 Å². The van der Waals surface area contributed by atoms with Gasteiger partial charge in [-0.15, -0.1) is 0 Å². The van der Waals surface area contributed by atoms with Crippen molar-refractivity contribution in [3.05, 3.63) is 23.7 Å². The predicted octanol–water partition coefficient (Wildman–Crippen LogP) is 1.50. The lowest BCUT2D eigenvalue weighted by Gasteiger charge is -2.21. The molecule has 0 saturated carbocycles. The van der Waals surface area contributed by atoms with Crippen LogP contribution >= 0.6 is 0 Å². The average Bonchev–Trinajstić information content (AvgIpc) is 3.25. The Balaban J connectivity index is 1.89. The van der Waals surface area contributed by atoms with Crippen LogP contribution in [0.15, 0.2) is 16.8 Å². The number of ether oxygens (including phenoxy) is 1. The third-order valence-corrected chi connectivity index (χ3v) is 4.19. The number of aryl methyl sites for hydroxylation is 1. The summed E-state index contributed by atoms with van der Waals surface area (Å²) < 4.78 is 10.7. The summed E-state index contributed by atoms with van der Waals surface area (Å²) in [7, 11) is 5.54. The molecule has 2 aromatic rings. The van der Waals surface area contributed by atoms with Gasteiger partial charge in [-0.1, -0.05) is 5.16 Å². The maximum atomic E-state index is 12.6. The average molecular weight is 345 g/mol. The predicted molar refractivity (Wildman–Crippen MR) is 92.0 cm³/mol. The van der Waals surface area contributed by atoms with Crippen LogP contribution in [-0.2, 0) is 16.1 Å². The Morgan fingerprint density at radius 2 is 2.16 bits per heavy atom. The van der Waals surface area contributed by atoms with Crippen molar-refractivity contribution in [2.75, 3.05) is 39.3 Å². The van der Waals surface area contributed by atoms with Crippen LogP contribution in [0, 0.1) is 12.8 Å². The molecule has 1 amide bonds. The van der Waals surface area contributed by atoms with E-state index >= 15 is 0 Å². The van der Waals surface area contributed by atoms with Crippen molar-refractivity contribution in [2.45, 2.75) is 19.9 Å². The summed E-state index contributed by atoms with van der Waals surface area (Å²) in [6.45, 7) is 3.36. The molecular weight excluding hydrogens is 322 g/mol. The summed E-state index contributed by atoms with van der Waals surface area (Å²) >= 11 is 0. The van der Waals surface area contributed by atoms with Crippen LogP contribution in [0.2, 0.25) is 0 Å². The van der Waals surface area contributed by atoms with Crippen molar-refractivity contribution in [2.24, 2.45) is 5.92 Å². The van der Waals surface area contributed by atoms with E-state index in [0.29, 0.717) is 31.5 Å². The Bertz CT molecular complexity index is 752. The van der Waals surface area contributed by atoms with E-state index in [0.717, 1.165) is 23.4 Å². The highest BCUT2D eigenvalue weighted by Gasteiger charge is 2.27. The minimum Gasteiger partial charge on any atom is -0.381 e. The van der Waals surface area contributed by atoms with Gasteiger partial charge in [0.2, 0.25) is 11.9 Å². The van der Waals surface area contributed by atoms with Gasteiger partial charge in [-0.3, -0.25) is 4.79 Å². The lowest BCUT2D eigenvalue weighted by molar-refractivity contribution is -0.134. The molecule has 134 valence electrons. The Labute approximate surface area is 146 Å². The number of nitrogens with zero attached hydrogens (tertiary/aromatic N) is 5. The molecule has 1 aliphatic heterocycles. The lowest BCUT2D eigenvalue weighted by Crippen LogP contribution is -2.33. The van der Waals surface area contributed by atoms with Gasteiger partial charge in [-0.05, 0) is 13.3 Å². The van der Waals surface area contributed by atoms with E-state index in [2.05, 4.69) is 15.1 Å². The standard InChI is InChI=1S/C17H23N5O3/c1-11-7-15(25-20-11)13-8-18-17(21(2)3)19-14(13)9-22(4)16(23)12-5-6-24-10-12/h7-8,12H,5-6,9-10H2,1-4H3. The first kappa shape index (κ1) is 17.3. The first-order valence-electron chi connectivity index (χ1n) is 8.25. The third kappa shape index (κ3) is 3.79. The Hall–Kier alpha value is -2.48. The number of hydrogen-bond donors (Lipinski definition) is 0. The van der Waals surface area contributed by atoms with Gasteiger partial charge in [0.1, 0.15) is 0 Å². The molecule has 2 aromatic heterocycles. The minimum absolute atomic E-state index is 0.0715. The van der Waals surface area contributed by atoms with Crippen LogP contribution in [0.25, 0.3) is 11.3 Å². The summed E-state index contributed by atoms with van der Waals surface area (Å²) in [5.74, 6) is 1.18. The lowest BCUT2D eigenvalue weighted by atomic mass is 10.1. The summed E-state index contributed by atoms with van der Waals surface area (Å²) in [5, 5.41) is 3.93. The van der Waals surface area contributed by atoms with Crippen LogP contribution in [0.5, 0.6) is 0 Å². The molecule has 0 aliphatic carbocycles.